The number of aromatic nitrogens is 2. The monoisotopic (exact) mass is 393 g/mol. The number of nitrogens with one attached hydrogen (secondary N) is 1. The van der Waals surface area contributed by atoms with Gasteiger partial charge in [0, 0.05) is 16.4 Å². The van der Waals surface area contributed by atoms with Crippen LogP contribution in [0.4, 0.5) is 13.2 Å². The summed E-state index contributed by atoms with van der Waals surface area (Å²) in [6.07, 6.45) is -4.51. The molecule has 1 aromatic heterocycles. The van der Waals surface area contributed by atoms with E-state index in [1.165, 1.54) is 4.68 Å². The molecule has 1 N–H and O–H groups in total. The Morgan fingerprint density at radius 2 is 1.96 bits per heavy atom. The number of nitrogens with zero attached hydrogens (tertiary/aromatic N) is 2. The molecule has 0 fully saturated rings. The lowest BCUT2D eigenvalue weighted by atomic mass is 10.3. The number of hydrogen-bond acceptors (Lipinski definition) is 3. The number of hydrogen-bond donors (Lipinski definition) is 1. The van der Waals surface area contributed by atoms with Crippen molar-refractivity contribution in [2.75, 3.05) is 12.3 Å². The SMILES string of the molecule is Cc1nn(-c2ccccc2)c(Cl)c1C[S@@](=O)CC(=O)NCC(F)(F)F. The summed E-state index contributed by atoms with van der Waals surface area (Å²) in [5, 5.41) is 6.23. The van der Waals surface area contributed by atoms with Crippen LogP contribution in [-0.2, 0) is 21.3 Å². The first-order valence-corrected chi connectivity index (χ1v) is 9.02. The summed E-state index contributed by atoms with van der Waals surface area (Å²) < 4.78 is 49.7. The van der Waals surface area contributed by atoms with Gasteiger partial charge in [0.15, 0.2) is 0 Å². The number of alkyl halides is 3. The average Bonchev–Trinajstić information content (AvgIpc) is 2.81. The van der Waals surface area contributed by atoms with Crippen LogP contribution in [0.2, 0.25) is 5.15 Å². The molecule has 0 bridgehead atoms. The summed E-state index contributed by atoms with van der Waals surface area (Å²) >= 11 is 6.28. The number of carbonyl (C=O) groups is 1. The van der Waals surface area contributed by atoms with E-state index in [9.17, 15) is 22.2 Å². The van der Waals surface area contributed by atoms with Crippen LogP contribution in [-0.4, -0.2) is 38.4 Å². The number of carbonyl (C=O) groups excluding carboxylic acids is 1. The molecule has 2 rings (SSSR count). The maximum atomic E-state index is 12.1. The summed E-state index contributed by atoms with van der Waals surface area (Å²) in [6.45, 7) is 0.232. The van der Waals surface area contributed by atoms with Crippen molar-refractivity contribution in [3.8, 4) is 5.69 Å². The molecule has 0 radical (unpaired) electrons. The molecule has 0 saturated carbocycles. The second kappa shape index (κ2) is 8.01. The van der Waals surface area contributed by atoms with Gasteiger partial charge in [0.2, 0.25) is 5.91 Å². The third-order valence-corrected chi connectivity index (χ3v) is 4.79. The van der Waals surface area contributed by atoms with Gasteiger partial charge in [-0.1, -0.05) is 29.8 Å². The van der Waals surface area contributed by atoms with Gasteiger partial charge in [0.25, 0.3) is 0 Å². The quantitative estimate of drug-likeness (QED) is 0.820. The molecule has 2 aromatic rings. The predicted molar refractivity (Wildman–Crippen MR) is 89.1 cm³/mol. The smallest absolute Gasteiger partial charge is 0.346 e. The van der Waals surface area contributed by atoms with Gasteiger partial charge in [0.05, 0.1) is 17.1 Å². The lowest BCUT2D eigenvalue weighted by Gasteiger charge is -2.08. The van der Waals surface area contributed by atoms with Crippen molar-refractivity contribution in [3.05, 3.63) is 46.7 Å². The molecule has 10 heteroatoms. The number of halogens is 4. The summed E-state index contributed by atoms with van der Waals surface area (Å²) in [7, 11) is -1.71. The van der Waals surface area contributed by atoms with Crippen LogP contribution in [0.15, 0.2) is 30.3 Å². The van der Waals surface area contributed by atoms with Gasteiger partial charge in [-0.05, 0) is 19.1 Å². The summed E-state index contributed by atoms with van der Waals surface area (Å²) in [5.74, 6) is -1.54. The van der Waals surface area contributed by atoms with Crippen LogP contribution >= 0.6 is 11.6 Å². The standard InChI is InChI=1S/C15H15ClF3N3O2S/c1-10-12(7-25(24)8-13(23)20-9-15(17,18)19)14(16)22(21-10)11-5-3-2-4-6-11/h2-6H,7-9H2,1H3,(H,20,23)/t25-/m1/s1. The van der Waals surface area contributed by atoms with Crippen LogP contribution in [0.3, 0.4) is 0 Å². The van der Waals surface area contributed by atoms with Crippen LogP contribution in [0, 0.1) is 6.92 Å². The fourth-order valence-electron chi connectivity index (χ4n) is 2.04. The number of aryl methyl sites for hydroxylation is 1. The van der Waals surface area contributed by atoms with Crippen molar-refractivity contribution < 1.29 is 22.2 Å². The highest BCUT2D eigenvalue weighted by molar-refractivity contribution is 7.84. The minimum Gasteiger partial charge on any atom is -0.346 e. The maximum Gasteiger partial charge on any atom is 0.405 e. The van der Waals surface area contributed by atoms with E-state index in [1.54, 1.807) is 24.4 Å². The Labute approximate surface area is 149 Å². The zero-order valence-corrected chi connectivity index (χ0v) is 14.7. The molecule has 136 valence electrons. The normalized spacial score (nSPS) is 12.8. The first-order chi connectivity index (χ1) is 11.7. The predicted octanol–water partition coefficient (Wildman–Crippen LogP) is 2.76. The lowest BCUT2D eigenvalue weighted by molar-refractivity contribution is -0.136. The van der Waals surface area contributed by atoms with E-state index >= 15 is 0 Å². The van der Waals surface area contributed by atoms with Crippen molar-refractivity contribution in [1.82, 2.24) is 15.1 Å². The van der Waals surface area contributed by atoms with Crippen molar-refractivity contribution in [2.45, 2.75) is 18.9 Å². The maximum absolute atomic E-state index is 12.1. The van der Waals surface area contributed by atoms with Crippen molar-refractivity contribution in [2.24, 2.45) is 0 Å². The molecular formula is C15H15ClF3N3O2S. The third-order valence-electron chi connectivity index (χ3n) is 3.21. The Balaban J connectivity index is 2.04. The summed E-state index contributed by atoms with van der Waals surface area (Å²) in [6, 6.07) is 9.05. The van der Waals surface area contributed by atoms with Gasteiger partial charge in [-0.15, -0.1) is 0 Å². The molecule has 0 aliphatic rings. The van der Waals surface area contributed by atoms with Crippen LogP contribution in [0.5, 0.6) is 0 Å². The largest absolute Gasteiger partial charge is 0.405 e. The number of para-hydroxylation sites is 1. The minimum atomic E-state index is -4.51. The van der Waals surface area contributed by atoms with Gasteiger partial charge < -0.3 is 5.32 Å². The Kier molecular flexibility index (Phi) is 6.23. The van der Waals surface area contributed by atoms with E-state index in [-0.39, 0.29) is 10.9 Å². The molecule has 1 heterocycles. The molecule has 0 unspecified atom stereocenters. The molecule has 25 heavy (non-hydrogen) atoms. The first kappa shape index (κ1) is 19.5. The van der Waals surface area contributed by atoms with E-state index in [0.29, 0.717) is 11.3 Å². The number of benzene rings is 1. The van der Waals surface area contributed by atoms with E-state index in [4.69, 9.17) is 11.6 Å². The van der Waals surface area contributed by atoms with Crippen molar-refractivity contribution in [1.29, 1.82) is 0 Å². The zero-order valence-electron chi connectivity index (χ0n) is 13.1. The van der Waals surface area contributed by atoms with Gasteiger partial charge >= 0.3 is 6.18 Å². The fraction of sp³-hybridized carbons (Fsp3) is 0.333. The second-order valence-corrected chi connectivity index (χ2v) is 7.04. The molecule has 1 atom stereocenters. The molecule has 0 aliphatic heterocycles. The Hall–Kier alpha value is -1.87. The van der Waals surface area contributed by atoms with E-state index in [0.717, 1.165) is 5.69 Å². The minimum absolute atomic E-state index is 0.0725. The Morgan fingerprint density at radius 3 is 2.56 bits per heavy atom. The number of amides is 1. The van der Waals surface area contributed by atoms with E-state index in [1.807, 2.05) is 18.2 Å². The molecule has 0 aliphatic carbocycles. The van der Waals surface area contributed by atoms with Gasteiger partial charge in [-0.2, -0.15) is 18.3 Å². The Bertz CT molecular complexity index is 778. The third kappa shape index (κ3) is 5.57. The zero-order chi connectivity index (χ0) is 18.6. The lowest BCUT2D eigenvalue weighted by Crippen LogP contribution is -2.36. The molecule has 0 saturated heterocycles. The van der Waals surface area contributed by atoms with Gasteiger partial charge in [-0.25, -0.2) is 4.68 Å². The summed E-state index contributed by atoms with van der Waals surface area (Å²) in [4.78, 5) is 11.4. The fourth-order valence-corrected chi connectivity index (χ4v) is 3.63. The van der Waals surface area contributed by atoms with Gasteiger partial charge in [0.1, 0.15) is 17.5 Å². The summed E-state index contributed by atoms with van der Waals surface area (Å²) in [5.41, 5.74) is 1.75. The van der Waals surface area contributed by atoms with Crippen LogP contribution < -0.4 is 5.32 Å². The van der Waals surface area contributed by atoms with E-state index < -0.39 is 35.2 Å². The molecular weight excluding hydrogens is 379 g/mol. The molecule has 0 spiro atoms. The molecule has 1 amide bonds. The van der Waals surface area contributed by atoms with Crippen molar-refractivity contribution >= 4 is 28.3 Å². The number of rotatable bonds is 6. The van der Waals surface area contributed by atoms with Gasteiger partial charge in [-0.3, -0.25) is 9.00 Å². The van der Waals surface area contributed by atoms with E-state index in [2.05, 4.69) is 5.10 Å². The van der Waals surface area contributed by atoms with Crippen molar-refractivity contribution in [3.63, 3.8) is 0 Å². The topological polar surface area (TPSA) is 64.0 Å². The Morgan fingerprint density at radius 1 is 1.32 bits per heavy atom. The second-order valence-electron chi connectivity index (χ2n) is 5.22. The first-order valence-electron chi connectivity index (χ1n) is 7.15. The molecule has 5 nitrogen and oxygen atoms in total. The average molecular weight is 394 g/mol. The highest BCUT2D eigenvalue weighted by atomic mass is 35.5. The molecule has 1 aromatic carbocycles. The highest BCUT2D eigenvalue weighted by Gasteiger charge is 2.28. The highest BCUT2D eigenvalue weighted by Crippen LogP contribution is 2.24. The van der Waals surface area contributed by atoms with Crippen LogP contribution in [0.25, 0.3) is 5.69 Å². The van der Waals surface area contributed by atoms with Crippen LogP contribution in [0.1, 0.15) is 11.3 Å².